The normalized spacial score (nSPS) is 15.4. The van der Waals surface area contributed by atoms with Gasteiger partial charge in [-0.15, -0.1) is 11.3 Å². The van der Waals surface area contributed by atoms with Crippen LogP contribution in [0.4, 0.5) is 0 Å². The first kappa shape index (κ1) is 10.7. The molecule has 1 aromatic carbocycles. The molecule has 17 heavy (non-hydrogen) atoms. The second-order valence-corrected chi connectivity index (χ2v) is 5.52. The van der Waals surface area contributed by atoms with Crippen LogP contribution in [0.1, 0.15) is 27.1 Å². The van der Waals surface area contributed by atoms with Crippen molar-refractivity contribution < 1.29 is 4.74 Å². The Bertz CT molecular complexity index is 550. The van der Waals surface area contributed by atoms with E-state index in [1.807, 2.05) is 25.3 Å². The summed E-state index contributed by atoms with van der Waals surface area (Å²) in [6.07, 6.45) is 2.85. The lowest BCUT2D eigenvalue weighted by molar-refractivity contribution is 0.357. The van der Waals surface area contributed by atoms with E-state index in [1.165, 1.54) is 10.4 Å². The number of nitrogens with two attached hydrogens (primary N) is 1. The van der Waals surface area contributed by atoms with Crippen molar-refractivity contribution in [2.75, 3.05) is 6.61 Å². The van der Waals surface area contributed by atoms with Crippen LogP contribution in [0, 0.1) is 6.92 Å². The third-order valence-corrected chi connectivity index (χ3v) is 3.97. The van der Waals surface area contributed by atoms with Crippen molar-refractivity contribution >= 4 is 11.3 Å². The van der Waals surface area contributed by atoms with Gasteiger partial charge in [-0.2, -0.15) is 0 Å². The van der Waals surface area contributed by atoms with E-state index < -0.39 is 0 Å². The number of nitrogens with zero attached hydrogens (tertiary/aromatic N) is 1. The molecule has 2 aromatic rings. The maximum Gasteiger partial charge on any atom is 0.122 e. The molecule has 3 rings (SSSR count). The van der Waals surface area contributed by atoms with E-state index in [1.54, 1.807) is 11.3 Å². The van der Waals surface area contributed by atoms with Gasteiger partial charge >= 0.3 is 0 Å². The molecule has 0 saturated heterocycles. The Balaban J connectivity index is 1.94. The molecule has 0 saturated carbocycles. The molecule has 4 heteroatoms. The zero-order chi connectivity index (χ0) is 11.8. The van der Waals surface area contributed by atoms with E-state index in [0.29, 0.717) is 0 Å². The molecule has 88 valence electrons. The summed E-state index contributed by atoms with van der Waals surface area (Å²) < 4.78 is 5.49. The van der Waals surface area contributed by atoms with Gasteiger partial charge in [0.1, 0.15) is 10.8 Å². The van der Waals surface area contributed by atoms with Gasteiger partial charge in [-0.3, -0.25) is 0 Å². The zero-order valence-corrected chi connectivity index (χ0v) is 10.5. The Hall–Kier alpha value is -1.39. The fraction of sp³-hybridized carbons (Fsp3) is 0.308. The first-order valence-electron chi connectivity index (χ1n) is 5.67. The number of hydrogen-bond acceptors (Lipinski definition) is 4. The summed E-state index contributed by atoms with van der Waals surface area (Å²) in [5.41, 5.74) is 8.60. The van der Waals surface area contributed by atoms with Crippen molar-refractivity contribution in [2.45, 2.75) is 19.4 Å². The lowest BCUT2D eigenvalue weighted by Gasteiger charge is -2.10. The molecule has 0 fully saturated rings. The van der Waals surface area contributed by atoms with E-state index in [9.17, 15) is 0 Å². The summed E-state index contributed by atoms with van der Waals surface area (Å²) in [4.78, 5) is 5.54. The van der Waals surface area contributed by atoms with Crippen LogP contribution in [0.15, 0.2) is 24.4 Å². The van der Waals surface area contributed by atoms with Gasteiger partial charge in [0.15, 0.2) is 0 Å². The highest BCUT2D eigenvalue weighted by atomic mass is 32.1. The molecule has 0 spiro atoms. The predicted molar refractivity (Wildman–Crippen MR) is 68.5 cm³/mol. The summed E-state index contributed by atoms with van der Waals surface area (Å²) in [7, 11) is 0. The number of thiazole rings is 1. The van der Waals surface area contributed by atoms with Gasteiger partial charge in [-0.25, -0.2) is 4.98 Å². The van der Waals surface area contributed by atoms with E-state index in [-0.39, 0.29) is 6.04 Å². The minimum atomic E-state index is -0.125. The van der Waals surface area contributed by atoms with Gasteiger partial charge in [0.05, 0.1) is 12.6 Å². The van der Waals surface area contributed by atoms with Crippen molar-refractivity contribution in [3.63, 3.8) is 0 Å². The van der Waals surface area contributed by atoms with Crippen molar-refractivity contribution in [3.05, 3.63) is 45.4 Å². The Morgan fingerprint density at radius 2 is 2.35 bits per heavy atom. The Kier molecular flexibility index (Phi) is 2.61. The lowest BCUT2D eigenvalue weighted by Crippen LogP contribution is -2.11. The molecule has 3 nitrogen and oxygen atoms in total. The fourth-order valence-electron chi connectivity index (χ4n) is 2.06. The van der Waals surface area contributed by atoms with Crippen LogP contribution in [0.25, 0.3) is 0 Å². The van der Waals surface area contributed by atoms with Gasteiger partial charge in [0, 0.05) is 17.5 Å². The molecule has 1 aliphatic rings. The third-order valence-electron chi connectivity index (χ3n) is 2.98. The van der Waals surface area contributed by atoms with Gasteiger partial charge in [-0.05, 0) is 30.2 Å². The number of ether oxygens (including phenoxy) is 1. The summed E-state index contributed by atoms with van der Waals surface area (Å²) in [6.45, 7) is 2.83. The number of aryl methyl sites for hydroxylation is 1. The predicted octanol–water partition coefficient (Wildman–Crippen LogP) is 2.43. The van der Waals surface area contributed by atoms with Gasteiger partial charge in [0.2, 0.25) is 0 Å². The number of rotatable bonds is 2. The van der Waals surface area contributed by atoms with Gasteiger partial charge in [0.25, 0.3) is 0 Å². The average molecular weight is 246 g/mol. The maximum absolute atomic E-state index is 6.23. The van der Waals surface area contributed by atoms with Crippen LogP contribution in [0.3, 0.4) is 0 Å². The molecule has 2 heterocycles. The Morgan fingerprint density at radius 1 is 1.47 bits per heavy atom. The highest BCUT2D eigenvalue weighted by Crippen LogP contribution is 2.30. The van der Waals surface area contributed by atoms with E-state index in [2.05, 4.69) is 11.1 Å². The molecular formula is C13H14N2OS. The second kappa shape index (κ2) is 4.13. The van der Waals surface area contributed by atoms with Crippen LogP contribution < -0.4 is 10.5 Å². The number of hydrogen-bond donors (Lipinski definition) is 1. The monoisotopic (exact) mass is 246 g/mol. The first-order valence-corrected chi connectivity index (χ1v) is 6.49. The highest BCUT2D eigenvalue weighted by Gasteiger charge is 2.17. The highest BCUT2D eigenvalue weighted by molar-refractivity contribution is 7.11. The quantitative estimate of drug-likeness (QED) is 0.885. The van der Waals surface area contributed by atoms with Crippen LogP contribution in [0.2, 0.25) is 0 Å². The molecule has 0 bridgehead atoms. The topological polar surface area (TPSA) is 48.1 Å². The molecular weight excluding hydrogens is 232 g/mol. The molecule has 0 radical (unpaired) electrons. The number of aromatic nitrogens is 1. The minimum Gasteiger partial charge on any atom is -0.493 e. The Morgan fingerprint density at radius 3 is 3.12 bits per heavy atom. The van der Waals surface area contributed by atoms with Crippen LogP contribution in [0.5, 0.6) is 5.75 Å². The summed E-state index contributed by atoms with van der Waals surface area (Å²) >= 11 is 1.66. The standard InChI is InChI=1S/C13H14N2OS/c1-8-7-15-13(17-8)12(14)10-2-3-11-9(6-10)4-5-16-11/h2-3,6-7,12H,4-5,14H2,1H3. The van der Waals surface area contributed by atoms with E-state index >= 15 is 0 Å². The molecule has 1 unspecified atom stereocenters. The van der Waals surface area contributed by atoms with Crippen molar-refractivity contribution in [2.24, 2.45) is 5.73 Å². The molecule has 1 aromatic heterocycles. The van der Waals surface area contributed by atoms with Gasteiger partial charge in [-0.1, -0.05) is 6.07 Å². The van der Waals surface area contributed by atoms with Crippen molar-refractivity contribution in [1.82, 2.24) is 4.98 Å². The number of benzene rings is 1. The van der Waals surface area contributed by atoms with E-state index in [4.69, 9.17) is 10.5 Å². The Labute approximate surface area is 104 Å². The fourth-order valence-corrected chi connectivity index (χ4v) is 2.86. The lowest BCUT2D eigenvalue weighted by atomic mass is 10.0. The summed E-state index contributed by atoms with van der Waals surface area (Å²) in [6, 6.07) is 6.06. The molecule has 2 N–H and O–H groups in total. The largest absolute Gasteiger partial charge is 0.493 e. The van der Waals surface area contributed by atoms with Crippen LogP contribution in [-0.4, -0.2) is 11.6 Å². The molecule has 0 amide bonds. The number of fused-ring (bicyclic) bond motifs is 1. The van der Waals surface area contributed by atoms with Gasteiger partial charge < -0.3 is 10.5 Å². The smallest absolute Gasteiger partial charge is 0.122 e. The van der Waals surface area contributed by atoms with Crippen LogP contribution >= 0.6 is 11.3 Å². The molecule has 1 atom stereocenters. The second-order valence-electron chi connectivity index (χ2n) is 4.25. The zero-order valence-electron chi connectivity index (χ0n) is 9.64. The molecule has 0 aliphatic carbocycles. The third kappa shape index (κ3) is 1.94. The average Bonchev–Trinajstić information content (AvgIpc) is 2.95. The summed E-state index contributed by atoms with van der Waals surface area (Å²) in [5, 5.41) is 0.973. The maximum atomic E-state index is 6.23. The van der Waals surface area contributed by atoms with E-state index in [0.717, 1.165) is 29.3 Å². The van der Waals surface area contributed by atoms with Crippen molar-refractivity contribution in [1.29, 1.82) is 0 Å². The summed E-state index contributed by atoms with van der Waals surface area (Å²) in [5.74, 6) is 0.997. The van der Waals surface area contributed by atoms with Crippen molar-refractivity contribution in [3.8, 4) is 5.75 Å². The van der Waals surface area contributed by atoms with Crippen LogP contribution in [-0.2, 0) is 6.42 Å². The minimum absolute atomic E-state index is 0.125. The SMILES string of the molecule is Cc1cnc(C(N)c2ccc3c(c2)CCO3)s1. The first-order chi connectivity index (χ1) is 8.24. The molecule has 1 aliphatic heterocycles.